The lowest BCUT2D eigenvalue weighted by molar-refractivity contribution is -0.122. The van der Waals surface area contributed by atoms with Gasteiger partial charge in [0.05, 0.1) is 39.3 Å². The first-order valence-corrected chi connectivity index (χ1v) is 17.3. The van der Waals surface area contributed by atoms with Crippen LogP contribution in [0.15, 0.2) is 48.8 Å². The van der Waals surface area contributed by atoms with Gasteiger partial charge in [0.15, 0.2) is 11.5 Å². The van der Waals surface area contributed by atoms with Crippen LogP contribution < -0.4 is 24.8 Å². The number of benzene rings is 2. The zero-order valence-corrected chi connectivity index (χ0v) is 30.0. The van der Waals surface area contributed by atoms with Crippen LogP contribution in [0.4, 0.5) is 5.69 Å². The minimum atomic E-state index is -1.03. The van der Waals surface area contributed by atoms with Crippen molar-refractivity contribution in [1.82, 2.24) is 10.3 Å². The average molecular weight is 718 g/mol. The van der Waals surface area contributed by atoms with Crippen LogP contribution in [0.25, 0.3) is 6.08 Å². The van der Waals surface area contributed by atoms with Gasteiger partial charge in [0.2, 0.25) is 17.6 Å². The van der Waals surface area contributed by atoms with Crippen molar-refractivity contribution in [3.8, 4) is 28.7 Å². The molecule has 0 fully saturated rings. The number of nitrogens with zero attached hydrogens (tertiary/aromatic N) is 1. The number of anilines is 1. The Bertz CT molecular complexity index is 1730. The fraction of sp³-hybridized carbons (Fsp3) is 0.410. The fourth-order valence-corrected chi connectivity index (χ4v) is 6.10. The van der Waals surface area contributed by atoms with Crippen molar-refractivity contribution < 1.29 is 48.3 Å². The normalized spacial score (nSPS) is 15.7. The molecule has 4 rings (SSSR count). The Kier molecular flexibility index (Phi) is 14.4. The molecule has 2 aromatic carbocycles. The Morgan fingerprint density at radius 3 is 2.42 bits per heavy atom. The van der Waals surface area contributed by atoms with Crippen LogP contribution >= 0.6 is 0 Å². The van der Waals surface area contributed by atoms with Gasteiger partial charge in [0.25, 0.3) is 0 Å². The molecule has 3 aromatic rings. The first kappa shape index (κ1) is 39.2. The van der Waals surface area contributed by atoms with Crippen molar-refractivity contribution >= 4 is 35.3 Å². The summed E-state index contributed by atoms with van der Waals surface area (Å²) in [4.78, 5) is 55.8. The molecule has 2 unspecified atom stereocenters. The average Bonchev–Trinajstić information content (AvgIpc) is 3.12. The van der Waals surface area contributed by atoms with Gasteiger partial charge in [-0.25, -0.2) is 4.79 Å². The number of amides is 2. The number of carbonyl (C=O) groups excluding carboxylic acids is 4. The number of nitrogens with one attached hydrogen (secondary N) is 2. The summed E-state index contributed by atoms with van der Waals surface area (Å²) in [6.07, 6.45) is 9.14. The quantitative estimate of drug-likeness (QED) is 0.126. The number of phenolic OH excluding ortho intramolecular Hbond substituents is 2. The van der Waals surface area contributed by atoms with E-state index in [-0.39, 0.29) is 65.0 Å². The highest BCUT2D eigenvalue weighted by molar-refractivity contribution is 5.98. The van der Waals surface area contributed by atoms with E-state index in [1.54, 1.807) is 49.5 Å². The van der Waals surface area contributed by atoms with E-state index in [9.17, 15) is 29.4 Å². The Labute approximate surface area is 303 Å². The van der Waals surface area contributed by atoms with Crippen molar-refractivity contribution in [1.29, 1.82) is 0 Å². The number of aromatic hydroxyl groups is 2. The van der Waals surface area contributed by atoms with Crippen LogP contribution in [0.3, 0.4) is 0 Å². The summed E-state index contributed by atoms with van der Waals surface area (Å²) in [5, 5.41) is 29.0. The van der Waals surface area contributed by atoms with Crippen molar-refractivity contribution in [3.63, 3.8) is 0 Å². The summed E-state index contributed by atoms with van der Waals surface area (Å²) in [5.74, 6) is -2.44. The molecule has 4 N–H and O–H groups in total. The van der Waals surface area contributed by atoms with E-state index in [0.717, 1.165) is 0 Å². The molecule has 0 bridgehead atoms. The number of phenols is 2. The predicted octanol–water partition coefficient (Wildman–Crippen LogP) is 6.06. The number of ether oxygens (including phenoxy) is 4. The highest BCUT2D eigenvalue weighted by Crippen LogP contribution is 2.47. The van der Waals surface area contributed by atoms with Crippen LogP contribution in [0, 0.1) is 0 Å². The molecule has 52 heavy (non-hydrogen) atoms. The van der Waals surface area contributed by atoms with Gasteiger partial charge in [-0.05, 0) is 80.5 Å². The zero-order valence-electron chi connectivity index (χ0n) is 30.0. The van der Waals surface area contributed by atoms with Crippen molar-refractivity contribution in [2.45, 2.75) is 76.7 Å². The molecule has 2 atom stereocenters. The molecule has 0 radical (unpaired) electrons. The molecular formula is C39H47N3O10. The van der Waals surface area contributed by atoms with Gasteiger partial charge in [-0.3, -0.25) is 19.4 Å². The zero-order chi connectivity index (χ0) is 37.6. The Balaban J connectivity index is 1.70. The number of esters is 1. The maximum atomic E-state index is 13.7. The van der Waals surface area contributed by atoms with E-state index in [4.69, 9.17) is 18.9 Å². The summed E-state index contributed by atoms with van der Waals surface area (Å²) < 4.78 is 22.3. The van der Waals surface area contributed by atoms with Gasteiger partial charge in [-0.15, -0.1) is 0 Å². The van der Waals surface area contributed by atoms with Crippen molar-refractivity contribution in [2.75, 3.05) is 33.2 Å². The second-order valence-corrected chi connectivity index (χ2v) is 12.5. The number of allylic oxidation sites excluding steroid dienone is 1. The van der Waals surface area contributed by atoms with Crippen LogP contribution in [0.5, 0.6) is 28.7 Å². The monoisotopic (exact) mass is 717 g/mol. The Morgan fingerprint density at radius 2 is 1.75 bits per heavy atom. The standard InChI is InChI=1S/C39H47N3O10/c1-24-11-8-15-28(43)14-7-5-6-12-25-19-30(44)36(37(47)35(25)39(48)52-24)29(26-20-31(49-2)38(51-4)32(21-26)50-3)22-34(46)41-18-10-16-33(45)42-27-13-9-17-40-23-27/h6,9,12-13,17,19-21,23-24,29,44,47H,5,7-8,10-11,14-16,18,22H2,1-4H3,(H,41,46)(H,42,45). The summed E-state index contributed by atoms with van der Waals surface area (Å²) in [5.41, 5.74) is 0.949. The van der Waals surface area contributed by atoms with Gasteiger partial charge < -0.3 is 39.8 Å². The van der Waals surface area contributed by atoms with Gasteiger partial charge in [0.1, 0.15) is 22.8 Å². The molecule has 0 spiro atoms. The lowest BCUT2D eigenvalue weighted by Crippen LogP contribution is -2.27. The SMILES string of the molecule is COc1cc(C(CC(=O)NCCCC(=O)Nc2cccnc2)c2c(O)cc3c(c2O)C(=O)OC(C)CCCC(=O)CCCC=C3)cc(OC)c1OC. The molecule has 0 saturated heterocycles. The first-order chi connectivity index (χ1) is 25.1. The third kappa shape index (κ3) is 10.5. The number of cyclic esters (lactones) is 1. The number of hydrogen-bond acceptors (Lipinski definition) is 11. The molecule has 1 aliphatic rings. The molecular weight excluding hydrogens is 670 g/mol. The Morgan fingerprint density at radius 1 is 1.02 bits per heavy atom. The summed E-state index contributed by atoms with van der Waals surface area (Å²) in [7, 11) is 4.33. The molecule has 0 saturated carbocycles. The minimum absolute atomic E-state index is 0.0799. The largest absolute Gasteiger partial charge is 0.507 e. The molecule has 13 heteroatoms. The second-order valence-electron chi connectivity index (χ2n) is 12.5. The lowest BCUT2D eigenvalue weighted by atomic mass is 9.84. The van der Waals surface area contributed by atoms with Gasteiger partial charge in [0, 0.05) is 49.9 Å². The Hall–Kier alpha value is -5.59. The molecule has 278 valence electrons. The van der Waals surface area contributed by atoms with Crippen molar-refractivity contribution in [3.05, 3.63) is 71.1 Å². The molecule has 2 heterocycles. The maximum absolute atomic E-state index is 13.7. The number of ketones is 1. The van der Waals surface area contributed by atoms with Crippen LogP contribution in [0.1, 0.15) is 97.7 Å². The highest BCUT2D eigenvalue weighted by Gasteiger charge is 2.32. The number of carbonyl (C=O) groups is 4. The summed E-state index contributed by atoms with van der Waals surface area (Å²) >= 11 is 0. The topological polar surface area (TPSA) is 183 Å². The summed E-state index contributed by atoms with van der Waals surface area (Å²) in [6.45, 7) is 1.89. The second kappa shape index (κ2) is 19.1. The van der Waals surface area contributed by atoms with Gasteiger partial charge in [-0.2, -0.15) is 0 Å². The van der Waals surface area contributed by atoms with Crippen LogP contribution in [-0.4, -0.2) is 72.7 Å². The lowest BCUT2D eigenvalue weighted by Gasteiger charge is -2.24. The fourth-order valence-electron chi connectivity index (χ4n) is 6.10. The number of Topliss-reactive ketones (excluding diaryl/α,β-unsaturated/α-hetero) is 1. The highest BCUT2D eigenvalue weighted by atomic mass is 16.5. The predicted molar refractivity (Wildman–Crippen MR) is 194 cm³/mol. The van der Waals surface area contributed by atoms with E-state index in [0.29, 0.717) is 61.9 Å². The van der Waals surface area contributed by atoms with Crippen LogP contribution in [-0.2, 0) is 19.1 Å². The van der Waals surface area contributed by atoms with E-state index >= 15 is 0 Å². The third-order valence-corrected chi connectivity index (χ3v) is 8.73. The van der Waals surface area contributed by atoms with Crippen LogP contribution in [0.2, 0.25) is 0 Å². The summed E-state index contributed by atoms with van der Waals surface area (Å²) in [6, 6.07) is 7.99. The van der Waals surface area contributed by atoms with Gasteiger partial charge >= 0.3 is 5.97 Å². The van der Waals surface area contributed by atoms with Gasteiger partial charge in [-0.1, -0.05) is 12.2 Å². The number of hydrogen-bond donors (Lipinski definition) is 4. The van der Waals surface area contributed by atoms with Crippen molar-refractivity contribution in [2.24, 2.45) is 0 Å². The first-order valence-electron chi connectivity index (χ1n) is 17.3. The number of methoxy groups -OCH3 is 3. The minimum Gasteiger partial charge on any atom is -0.507 e. The number of fused-ring (bicyclic) bond motifs is 1. The number of pyridine rings is 1. The van der Waals surface area contributed by atoms with E-state index in [2.05, 4.69) is 15.6 Å². The molecule has 2 amide bonds. The number of aromatic nitrogens is 1. The smallest absolute Gasteiger partial charge is 0.342 e. The molecule has 13 nitrogen and oxygen atoms in total. The molecule has 1 aromatic heterocycles. The van der Waals surface area contributed by atoms with E-state index < -0.39 is 29.6 Å². The molecule has 1 aliphatic heterocycles. The number of rotatable bonds is 12. The third-order valence-electron chi connectivity index (χ3n) is 8.73. The van der Waals surface area contributed by atoms with E-state index in [1.165, 1.54) is 33.6 Å². The maximum Gasteiger partial charge on any atom is 0.342 e. The molecule has 0 aliphatic carbocycles. The van der Waals surface area contributed by atoms with E-state index in [1.807, 2.05) is 0 Å².